The molecule has 296 valence electrons. The van der Waals surface area contributed by atoms with E-state index in [0.29, 0.717) is 11.3 Å². The molecule has 2 aromatic rings. The third-order valence-corrected chi connectivity index (χ3v) is 10.7. The lowest BCUT2D eigenvalue weighted by atomic mass is 10.1. The van der Waals surface area contributed by atoms with E-state index in [4.69, 9.17) is 28.0 Å². The molecule has 0 spiro atoms. The Morgan fingerprint density at radius 3 is 2.02 bits per heavy atom. The largest absolute Gasteiger partial charge is 0.509 e. The molecule has 53 heavy (non-hydrogen) atoms. The topological polar surface area (TPSA) is 174 Å². The van der Waals surface area contributed by atoms with Crippen molar-refractivity contribution in [2.45, 2.75) is 128 Å². The van der Waals surface area contributed by atoms with E-state index < -0.39 is 83.9 Å². The van der Waals surface area contributed by atoms with Crippen LogP contribution in [0.15, 0.2) is 41.3 Å². The normalized spacial score (nSPS) is 20.8. The molecule has 0 radical (unpaired) electrons. The Bertz CT molecular complexity index is 1680. The summed E-state index contributed by atoms with van der Waals surface area (Å²) in [7, 11) is -4.10. The average molecular weight is 899 g/mol. The highest BCUT2D eigenvalue weighted by Gasteiger charge is 2.50. The van der Waals surface area contributed by atoms with Gasteiger partial charge in [-0.15, -0.1) is 11.8 Å². The second-order valence-corrected chi connectivity index (χ2v) is 19.4. The van der Waals surface area contributed by atoms with Gasteiger partial charge >= 0.3 is 31.8 Å². The zero-order valence-electron chi connectivity index (χ0n) is 31.7. The molecule has 0 bridgehead atoms. The van der Waals surface area contributed by atoms with Gasteiger partial charge in [-0.3, -0.25) is 9.09 Å². The van der Waals surface area contributed by atoms with Gasteiger partial charge in [0, 0.05) is 15.8 Å². The minimum Gasteiger partial charge on any atom is -0.443 e. The van der Waals surface area contributed by atoms with Crippen LogP contribution in [-0.2, 0) is 28.0 Å². The Kier molecular flexibility index (Phi) is 14.8. The summed E-state index contributed by atoms with van der Waals surface area (Å²) in [5.74, 6) is -0.171. The molecule has 1 N–H and O–H groups in total. The van der Waals surface area contributed by atoms with Gasteiger partial charge < -0.3 is 23.5 Å². The summed E-state index contributed by atoms with van der Waals surface area (Å²) in [4.78, 5) is 56.9. The lowest BCUT2D eigenvalue weighted by Crippen LogP contribution is -2.45. The average Bonchev–Trinajstić information content (AvgIpc) is 3.28. The quantitative estimate of drug-likeness (QED) is 0.0986. The van der Waals surface area contributed by atoms with Crippen LogP contribution >= 0.6 is 42.1 Å². The third-order valence-electron chi connectivity index (χ3n) is 6.80. The number of carbonyl (C=O) groups excluding carboxylic acids is 3. The summed E-state index contributed by atoms with van der Waals surface area (Å²) in [6.45, 7) is 17.6. The fourth-order valence-electron chi connectivity index (χ4n) is 4.43. The fraction of sp³-hybridized carbons (Fsp3) is 0.618. The summed E-state index contributed by atoms with van der Waals surface area (Å²) in [6, 6.07) is 7.61. The van der Waals surface area contributed by atoms with E-state index in [-0.39, 0.29) is 11.8 Å². The molecule has 1 aromatic heterocycles. The van der Waals surface area contributed by atoms with E-state index in [9.17, 15) is 23.7 Å². The second kappa shape index (κ2) is 17.7. The van der Waals surface area contributed by atoms with Gasteiger partial charge in [-0.1, -0.05) is 6.92 Å². The standard InChI is InChI=1S/C34H49FIN4O11PS/c1-12-20(2)38-52(45,51-22-15-13-21(36)14-16-22)46-19-23-26(47-31(44)50-34(9,10)11)25(35)27(53-23)39-18-17-24(37-28(39)41)40(29(42)48-32(3,4)5)30(43)49-33(6,7)8/h13-18,20,23,25-27H,12,19H2,1-11H3,(H,38,45)/t20?,23-,25+,26-,27-,52?/m1/s1. The molecule has 19 heteroatoms. The number of imide groups is 1. The molecule has 2 heterocycles. The molecule has 3 rings (SSSR count). The highest BCUT2D eigenvalue weighted by Crippen LogP contribution is 2.50. The van der Waals surface area contributed by atoms with E-state index in [0.717, 1.165) is 32.2 Å². The predicted octanol–water partition coefficient (Wildman–Crippen LogP) is 8.39. The smallest absolute Gasteiger partial charge is 0.443 e. The number of anilines is 1. The number of thioether (sulfide) groups is 1. The second-order valence-electron chi connectivity index (χ2n) is 15.1. The Morgan fingerprint density at radius 2 is 1.53 bits per heavy atom. The van der Waals surface area contributed by atoms with Crippen LogP contribution in [0.5, 0.6) is 5.75 Å². The first-order chi connectivity index (χ1) is 24.3. The molecule has 2 unspecified atom stereocenters. The molecular weight excluding hydrogens is 849 g/mol. The van der Waals surface area contributed by atoms with Crippen molar-refractivity contribution < 1.29 is 51.3 Å². The number of nitrogens with one attached hydrogen (secondary N) is 1. The van der Waals surface area contributed by atoms with Crippen LogP contribution in [0.3, 0.4) is 0 Å². The zero-order valence-corrected chi connectivity index (χ0v) is 35.6. The maximum Gasteiger partial charge on any atom is 0.509 e. The molecule has 15 nitrogen and oxygen atoms in total. The number of aromatic nitrogens is 2. The van der Waals surface area contributed by atoms with Crippen molar-refractivity contribution in [1.82, 2.24) is 14.6 Å². The van der Waals surface area contributed by atoms with Crippen molar-refractivity contribution in [3.63, 3.8) is 0 Å². The lowest BCUT2D eigenvalue weighted by Gasteiger charge is -2.28. The van der Waals surface area contributed by atoms with Crippen LogP contribution in [0.2, 0.25) is 0 Å². The van der Waals surface area contributed by atoms with Crippen molar-refractivity contribution in [3.05, 3.63) is 50.6 Å². The minimum absolute atomic E-state index is 0.260. The van der Waals surface area contributed by atoms with Gasteiger partial charge in [0.2, 0.25) is 0 Å². The molecule has 1 aliphatic heterocycles. The Labute approximate surface area is 327 Å². The molecule has 1 saturated heterocycles. The van der Waals surface area contributed by atoms with Crippen LogP contribution in [0.4, 0.5) is 24.6 Å². The van der Waals surface area contributed by atoms with E-state index in [1.54, 1.807) is 93.5 Å². The maximum absolute atomic E-state index is 16.4. The van der Waals surface area contributed by atoms with Crippen LogP contribution in [0.1, 0.15) is 88.0 Å². The maximum atomic E-state index is 16.4. The number of nitrogens with zero attached hydrogens (tertiary/aromatic N) is 3. The first-order valence-corrected chi connectivity index (χ1v) is 20.4. The van der Waals surface area contributed by atoms with Crippen molar-refractivity contribution >= 4 is 66.3 Å². The van der Waals surface area contributed by atoms with Crippen molar-refractivity contribution in [3.8, 4) is 5.75 Å². The Hall–Kier alpha value is -2.93. The van der Waals surface area contributed by atoms with Crippen LogP contribution in [0, 0.1) is 3.57 Å². The number of ether oxygens (including phenoxy) is 4. The van der Waals surface area contributed by atoms with Crippen LogP contribution in [-0.4, -0.2) is 74.9 Å². The summed E-state index contributed by atoms with van der Waals surface area (Å²) in [5.41, 5.74) is -4.06. The number of carbonyl (C=O) groups is 3. The van der Waals surface area contributed by atoms with Gasteiger partial charge in [0.05, 0.1) is 11.9 Å². The van der Waals surface area contributed by atoms with E-state index >= 15 is 4.39 Å². The number of halogens is 2. The highest BCUT2D eigenvalue weighted by molar-refractivity contribution is 14.1. The summed E-state index contributed by atoms with van der Waals surface area (Å²) in [6.07, 6.45) is -5.36. The zero-order chi connectivity index (χ0) is 40.1. The summed E-state index contributed by atoms with van der Waals surface area (Å²) < 4.78 is 65.5. The third kappa shape index (κ3) is 13.7. The number of rotatable bonds is 11. The molecule has 0 aliphatic carbocycles. The number of amides is 2. The van der Waals surface area contributed by atoms with Crippen molar-refractivity contribution in [2.24, 2.45) is 0 Å². The molecule has 1 aliphatic rings. The monoisotopic (exact) mass is 898 g/mol. The number of alkyl halides is 1. The Balaban J connectivity index is 1.98. The molecule has 1 fully saturated rings. The van der Waals surface area contributed by atoms with Gasteiger partial charge in [-0.25, -0.2) is 33.2 Å². The minimum atomic E-state index is -4.10. The van der Waals surface area contributed by atoms with Gasteiger partial charge in [0.1, 0.15) is 27.9 Å². The Morgan fingerprint density at radius 1 is 0.981 bits per heavy atom. The van der Waals surface area contributed by atoms with Crippen molar-refractivity contribution in [2.75, 3.05) is 11.5 Å². The molecule has 0 saturated carbocycles. The number of hydrogen-bond acceptors (Lipinski definition) is 13. The molecular formula is C34H49FIN4O11PS. The number of benzene rings is 1. The SMILES string of the molecule is CCC(C)NP(=O)(OC[C@H]1S[C@@H](n2ccc(N(C(=O)OC(C)(C)C)C(=O)OC(C)(C)C)nc2=O)[C@@H](F)[C@@H]1OC(=O)OC(C)(C)C)Oc1ccc(I)cc1. The lowest BCUT2D eigenvalue weighted by molar-refractivity contribution is -0.0456. The van der Waals surface area contributed by atoms with E-state index in [1.165, 1.54) is 0 Å². The van der Waals surface area contributed by atoms with Gasteiger partial charge in [-0.2, -0.15) is 9.88 Å². The van der Waals surface area contributed by atoms with Gasteiger partial charge in [0.15, 0.2) is 18.1 Å². The predicted molar refractivity (Wildman–Crippen MR) is 206 cm³/mol. The van der Waals surface area contributed by atoms with E-state index in [2.05, 4.69) is 32.7 Å². The van der Waals surface area contributed by atoms with E-state index in [1.807, 2.05) is 6.92 Å². The van der Waals surface area contributed by atoms with Crippen molar-refractivity contribution in [1.29, 1.82) is 0 Å². The first kappa shape index (κ1) is 44.5. The van der Waals surface area contributed by atoms with Gasteiger partial charge in [-0.05, 0) is 129 Å². The molecule has 2 amide bonds. The first-order valence-electron chi connectivity index (χ1n) is 16.8. The molecule has 6 atom stereocenters. The van der Waals surface area contributed by atoms with Crippen LogP contribution < -0.4 is 20.2 Å². The summed E-state index contributed by atoms with van der Waals surface area (Å²) in [5, 5.41) is 0.471. The number of hydrogen-bond donors (Lipinski definition) is 1. The van der Waals surface area contributed by atoms with Crippen LogP contribution in [0.25, 0.3) is 0 Å². The highest BCUT2D eigenvalue weighted by atomic mass is 127. The molecule has 1 aromatic carbocycles. The van der Waals surface area contributed by atoms with Gasteiger partial charge in [0.25, 0.3) is 0 Å². The fourth-order valence-corrected chi connectivity index (χ4v) is 8.01. The summed E-state index contributed by atoms with van der Waals surface area (Å²) >= 11 is 2.98.